The van der Waals surface area contributed by atoms with Gasteiger partial charge in [-0.1, -0.05) is 6.07 Å². The van der Waals surface area contributed by atoms with E-state index in [9.17, 15) is 4.79 Å². The van der Waals surface area contributed by atoms with E-state index in [0.717, 1.165) is 15.8 Å². The number of ether oxygens (including phenoxy) is 1. The van der Waals surface area contributed by atoms with Crippen LogP contribution in [0.1, 0.15) is 34.6 Å². The van der Waals surface area contributed by atoms with E-state index in [4.69, 9.17) is 4.74 Å². The Hall–Kier alpha value is -1.23. The van der Waals surface area contributed by atoms with E-state index in [1.54, 1.807) is 4.90 Å². The molecule has 110 valence electrons. The van der Waals surface area contributed by atoms with E-state index in [0.29, 0.717) is 6.54 Å². The average Bonchev–Trinajstić information content (AvgIpc) is 2.24. The fraction of sp³-hybridized carbons (Fsp3) is 0.533. The van der Waals surface area contributed by atoms with Gasteiger partial charge in [-0.25, -0.2) is 4.79 Å². The number of nitrogens with one attached hydrogen (secondary N) is 1. The molecule has 0 aliphatic carbocycles. The lowest BCUT2D eigenvalue weighted by Crippen LogP contribution is -2.52. The molecule has 0 atom stereocenters. The highest BCUT2D eigenvalue weighted by Gasteiger charge is 2.36. The van der Waals surface area contributed by atoms with Crippen molar-refractivity contribution in [1.29, 1.82) is 0 Å². The van der Waals surface area contributed by atoms with E-state index < -0.39 is 5.60 Å². The van der Waals surface area contributed by atoms with Crippen LogP contribution in [0.3, 0.4) is 0 Å². The second-order valence-corrected chi connectivity index (χ2v) is 7.57. The lowest BCUT2D eigenvalue weighted by Gasteiger charge is -2.41. The molecule has 0 saturated carbocycles. The third kappa shape index (κ3) is 3.26. The van der Waals surface area contributed by atoms with Gasteiger partial charge in [0.25, 0.3) is 0 Å². The summed E-state index contributed by atoms with van der Waals surface area (Å²) in [6.07, 6.45) is -0.319. The molecule has 5 heteroatoms. The molecule has 0 unspecified atom stereocenters. The molecule has 1 N–H and O–H groups in total. The zero-order valence-corrected chi connectivity index (χ0v) is 14.2. The molecule has 1 amide bonds. The third-order valence-corrected chi connectivity index (χ3v) is 3.54. The fourth-order valence-corrected chi connectivity index (χ4v) is 2.82. The summed E-state index contributed by atoms with van der Waals surface area (Å²) in [7, 11) is 0. The molecule has 1 aromatic rings. The third-order valence-electron chi connectivity index (χ3n) is 2.90. The Morgan fingerprint density at radius 2 is 2.05 bits per heavy atom. The van der Waals surface area contributed by atoms with Crippen LogP contribution in [0.15, 0.2) is 22.7 Å². The Morgan fingerprint density at radius 3 is 2.65 bits per heavy atom. The summed E-state index contributed by atoms with van der Waals surface area (Å²) in [5, 5.41) is 3.45. The molecular weight excluding hydrogens is 320 g/mol. The van der Waals surface area contributed by atoms with Crippen molar-refractivity contribution in [2.24, 2.45) is 0 Å². The minimum absolute atomic E-state index is 0.204. The van der Waals surface area contributed by atoms with Crippen LogP contribution < -0.4 is 10.2 Å². The Labute approximate surface area is 128 Å². The van der Waals surface area contributed by atoms with Crippen LogP contribution in [0.2, 0.25) is 0 Å². The SMILES string of the molecule is CC1(C)CN(C(=O)OC(C)(C)C)c2c(Br)cccc2N1. The summed E-state index contributed by atoms with van der Waals surface area (Å²) < 4.78 is 6.40. The van der Waals surface area contributed by atoms with Crippen molar-refractivity contribution in [2.45, 2.75) is 45.8 Å². The van der Waals surface area contributed by atoms with Gasteiger partial charge in [0.05, 0.1) is 17.9 Å². The largest absolute Gasteiger partial charge is 0.443 e. The van der Waals surface area contributed by atoms with Crippen LogP contribution >= 0.6 is 15.9 Å². The number of hydrogen-bond acceptors (Lipinski definition) is 3. The second-order valence-electron chi connectivity index (χ2n) is 6.71. The van der Waals surface area contributed by atoms with Crippen LogP contribution in [0.25, 0.3) is 0 Å². The van der Waals surface area contributed by atoms with E-state index in [2.05, 4.69) is 35.1 Å². The number of nitrogens with zero attached hydrogens (tertiary/aromatic N) is 1. The average molecular weight is 341 g/mol. The zero-order chi connectivity index (χ0) is 15.1. The zero-order valence-electron chi connectivity index (χ0n) is 12.6. The van der Waals surface area contributed by atoms with Gasteiger partial charge < -0.3 is 10.1 Å². The summed E-state index contributed by atoms with van der Waals surface area (Å²) >= 11 is 3.52. The van der Waals surface area contributed by atoms with Crippen LogP contribution in [0, 0.1) is 0 Å². The summed E-state index contributed by atoms with van der Waals surface area (Å²) in [6.45, 7) is 10.3. The molecule has 0 saturated heterocycles. The molecule has 0 radical (unpaired) electrons. The van der Waals surface area contributed by atoms with E-state index in [-0.39, 0.29) is 11.6 Å². The number of rotatable bonds is 0. The highest BCUT2D eigenvalue weighted by Crippen LogP contribution is 2.40. The number of anilines is 2. The number of benzene rings is 1. The minimum atomic E-state index is -0.506. The summed E-state index contributed by atoms with van der Waals surface area (Å²) in [5.41, 5.74) is 1.06. The van der Waals surface area contributed by atoms with E-state index in [1.165, 1.54) is 0 Å². The monoisotopic (exact) mass is 340 g/mol. The van der Waals surface area contributed by atoms with Gasteiger partial charge in [-0.2, -0.15) is 0 Å². The molecule has 0 aromatic heterocycles. The molecular formula is C15H21BrN2O2. The lowest BCUT2D eigenvalue weighted by molar-refractivity contribution is 0.0573. The molecule has 20 heavy (non-hydrogen) atoms. The molecule has 2 rings (SSSR count). The first-order valence-corrected chi connectivity index (χ1v) is 7.46. The van der Waals surface area contributed by atoms with Crippen molar-refractivity contribution in [3.63, 3.8) is 0 Å². The highest BCUT2D eigenvalue weighted by atomic mass is 79.9. The molecule has 1 aliphatic rings. The quantitative estimate of drug-likeness (QED) is 0.761. The van der Waals surface area contributed by atoms with Crippen LogP contribution in [0.5, 0.6) is 0 Å². The van der Waals surface area contributed by atoms with Gasteiger partial charge in [0, 0.05) is 10.0 Å². The maximum atomic E-state index is 12.5. The lowest BCUT2D eigenvalue weighted by atomic mass is 10.00. The molecule has 0 spiro atoms. The van der Waals surface area contributed by atoms with Crippen molar-refractivity contribution in [3.05, 3.63) is 22.7 Å². The van der Waals surface area contributed by atoms with Crippen molar-refractivity contribution in [1.82, 2.24) is 0 Å². The summed E-state index contributed by atoms with van der Waals surface area (Å²) in [5.74, 6) is 0. The van der Waals surface area contributed by atoms with Gasteiger partial charge >= 0.3 is 6.09 Å². The number of halogens is 1. The maximum absolute atomic E-state index is 12.5. The molecule has 0 bridgehead atoms. The predicted molar refractivity (Wildman–Crippen MR) is 85.4 cm³/mol. The summed E-state index contributed by atoms with van der Waals surface area (Å²) in [6, 6.07) is 5.85. The first-order valence-electron chi connectivity index (χ1n) is 6.66. The first-order chi connectivity index (χ1) is 9.09. The van der Waals surface area contributed by atoms with Gasteiger partial charge in [0.1, 0.15) is 5.60 Å². The second kappa shape index (κ2) is 4.95. The smallest absolute Gasteiger partial charge is 0.414 e. The molecule has 4 nitrogen and oxygen atoms in total. The maximum Gasteiger partial charge on any atom is 0.414 e. The van der Waals surface area contributed by atoms with Crippen LogP contribution in [-0.2, 0) is 4.74 Å². The number of carbonyl (C=O) groups excluding carboxylic acids is 1. The van der Waals surface area contributed by atoms with Gasteiger partial charge in [0.2, 0.25) is 0 Å². The molecule has 1 aromatic carbocycles. The Balaban J connectivity index is 2.41. The standard InChI is InChI=1S/C15H21BrN2O2/c1-14(2,3)20-13(19)18-9-15(4,5)17-11-8-6-7-10(16)12(11)18/h6-8,17H,9H2,1-5H3. The van der Waals surface area contributed by atoms with Gasteiger partial charge in [0.15, 0.2) is 0 Å². The van der Waals surface area contributed by atoms with Crippen LogP contribution in [0.4, 0.5) is 16.2 Å². The van der Waals surface area contributed by atoms with Gasteiger partial charge in [-0.15, -0.1) is 0 Å². The first kappa shape index (κ1) is 15.2. The fourth-order valence-electron chi connectivity index (χ4n) is 2.24. The Kier molecular flexibility index (Phi) is 3.75. The molecule has 0 fully saturated rings. The predicted octanol–water partition coefficient (Wildman–Crippen LogP) is 4.39. The van der Waals surface area contributed by atoms with Gasteiger partial charge in [-0.05, 0) is 62.7 Å². The van der Waals surface area contributed by atoms with Crippen molar-refractivity contribution < 1.29 is 9.53 Å². The topological polar surface area (TPSA) is 41.6 Å². The van der Waals surface area contributed by atoms with Crippen molar-refractivity contribution in [3.8, 4) is 0 Å². The van der Waals surface area contributed by atoms with Crippen molar-refractivity contribution in [2.75, 3.05) is 16.8 Å². The number of fused-ring (bicyclic) bond motifs is 1. The van der Waals surface area contributed by atoms with Crippen LogP contribution in [-0.4, -0.2) is 23.8 Å². The van der Waals surface area contributed by atoms with E-state index >= 15 is 0 Å². The minimum Gasteiger partial charge on any atom is -0.443 e. The normalized spacial score (nSPS) is 17.2. The number of hydrogen-bond donors (Lipinski definition) is 1. The number of para-hydroxylation sites is 1. The molecule has 1 aliphatic heterocycles. The highest BCUT2D eigenvalue weighted by molar-refractivity contribution is 9.10. The Bertz CT molecular complexity index is 535. The number of carbonyl (C=O) groups is 1. The Morgan fingerprint density at radius 1 is 1.40 bits per heavy atom. The molecule has 1 heterocycles. The number of amides is 1. The van der Waals surface area contributed by atoms with Crippen molar-refractivity contribution >= 4 is 33.4 Å². The summed E-state index contributed by atoms with van der Waals surface area (Å²) in [4.78, 5) is 14.2. The van der Waals surface area contributed by atoms with E-state index in [1.807, 2.05) is 39.0 Å². The van der Waals surface area contributed by atoms with Gasteiger partial charge in [-0.3, -0.25) is 4.90 Å².